The van der Waals surface area contributed by atoms with Gasteiger partial charge in [0.1, 0.15) is 11.2 Å². The van der Waals surface area contributed by atoms with Gasteiger partial charge in [0, 0.05) is 49.2 Å². The van der Waals surface area contributed by atoms with Crippen LogP contribution < -0.4 is 0 Å². The van der Waals surface area contributed by atoms with Crippen LogP contribution >= 0.6 is 0 Å². The SMILES string of the molecule is [C-]#[N+]c1ccc2c3ccc(C)cc3n(-c3ccc4oc5ccc(-n6c7ccccc7c7ccccc76)cc5c4c3)c2c1. The topological polar surface area (TPSA) is 27.4 Å². The summed E-state index contributed by atoms with van der Waals surface area (Å²) in [5.41, 5.74) is 10.2. The molecule has 0 radical (unpaired) electrons. The van der Waals surface area contributed by atoms with Crippen molar-refractivity contribution >= 4 is 71.2 Å². The molecule has 0 unspecified atom stereocenters. The summed E-state index contributed by atoms with van der Waals surface area (Å²) in [6.07, 6.45) is 0. The molecule has 0 aliphatic rings. The van der Waals surface area contributed by atoms with Crippen molar-refractivity contribution < 1.29 is 4.42 Å². The van der Waals surface area contributed by atoms with E-state index in [2.05, 4.69) is 130 Å². The maximum atomic E-state index is 7.62. The highest BCUT2D eigenvalue weighted by Crippen LogP contribution is 2.39. The van der Waals surface area contributed by atoms with Gasteiger partial charge in [-0.3, -0.25) is 0 Å². The van der Waals surface area contributed by atoms with Crippen LogP contribution in [0.5, 0.6) is 0 Å². The maximum absolute atomic E-state index is 7.62. The molecule has 3 aromatic heterocycles. The van der Waals surface area contributed by atoms with E-state index in [1.807, 2.05) is 12.1 Å². The summed E-state index contributed by atoms with van der Waals surface area (Å²) in [5, 5.41) is 6.95. The van der Waals surface area contributed by atoms with Crippen molar-refractivity contribution in [3.8, 4) is 11.4 Å². The highest BCUT2D eigenvalue weighted by Gasteiger charge is 2.17. The number of rotatable bonds is 2. The Kier molecular flexibility index (Phi) is 4.57. The molecule has 0 atom stereocenters. The summed E-state index contributed by atoms with van der Waals surface area (Å²) < 4.78 is 11.0. The highest BCUT2D eigenvalue weighted by molar-refractivity contribution is 6.12. The fraction of sp³-hybridized carbons (Fsp3) is 0.0263. The highest BCUT2D eigenvalue weighted by atomic mass is 16.3. The third-order valence-corrected chi connectivity index (χ3v) is 8.57. The fourth-order valence-corrected chi connectivity index (χ4v) is 6.70. The number of aryl methyl sites for hydroxylation is 1. The second-order valence-electron chi connectivity index (χ2n) is 11.0. The van der Waals surface area contributed by atoms with E-state index < -0.39 is 0 Å². The van der Waals surface area contributed by atoms with Crippen LogP contribution in [-0.4, -0.2) is 9.13 Å². The number of fused-ring (bicyclic) bond motifs is 9. The van der Waals surface area contributed by atoms with Crippen LogP contribution in [0.3, 0.4) is 0 Å². The average molecular weight is 538 g/mol. The van der Waals surface area contributed by atoms with Gasteiger partial charge in [0.25, 0.3) is 0 Å². The van der Waals surface area contributed by atoms with Crippen molar-refractivity contribution in [1.82, 2.24) is 9.13 Å². The molecule has 0 saturated carbocycles. The lowest BCUT2D eigenvalue weighted by atomic mass is 10.1. The van der Waals surface area contributed by atoms with Crippen LogP contribution in [0.4, 0.5) is 5.69 Å². The van der Waals surface area contributed by atoms with Crippen LogP contribution in [0.2, 0.25) is 0 Å². The Morgan fingerprint density at radius 1 is 0.500 bits per heavy atom. The lowest BCUT2D eigenvalue weighted by Crippen LogP contribution is -1.94. The third-order valence-electron chi connectivity index (χ3n) is 8.57. The van der Waals surface area contributed by atoms with Gasteiger partial charge in [0.05, 0.1) is 23.1 Å². The third kappa shape index (κ3) is 3.11. The van der Waals surface area contributed by atoms with Gasteiger partial charge in [-0.1, -0.05) is 60.7 Å². The van der Waals surface area contributed by atoms with Gasteiger partial charge < -0.3 is 13.6 Å². The van der Waals surface area contributed by atoms with E-state index in [0.29, 0.717) is 5.69 Å². The monoisotopic (exact) mass is 537 g/mol. The van der Waals surface area contributed by atoms with Gasteiger partial charge in [-0.2, -0.15) is 0 Å². The molecule has 0 aliphatic heterocycles. The molecule has 0 bridgehead atoms. The first-order chi connectivity index (χ1) is 20.7. The molecular weight excluding hydrogens is 514 g/mol. The molecule has 6 aromatic carbocycles. The van der Waals surface area contributed by atoms with Gasteiger partial charge in [-0.05, 0) is 73.2 Å². The average Bonchev–Trinajstić information content (AvgIpc) is 3.67. The van der Waals surface area contributed by atoms with Gasteiger partial charge in [-0.25, -0.2) is 4.85 Å². The molecule has 9 aromatic rings. The second kappa shape index (κ2) is 8.36. The Bertz CT molecular complexity index is 2550. The summed E-state index contributed by atoms with van der Waals surface area (Å²) in [6.45, 7) is 9.74. The molecule has 0 amide bonds. The number of hydrogen-bond donors (Lipinski definition) is 0. The van der Waals surface area contributed by atoms with Gasteiger partial charge in [0.2, 0.25) is 0 Å². The van der Waals surface area contributed by atoms with Crippen LogP contribution in [0.1, 0.15) is 5.56 Å². The van der Waals surface area contributed by atoms with Crippen molar-refractivity contribution in [2.75, 3.05) is 0 Å². The van der Waals surface area contributed by atoms with Crippen molar-refractivity contribution in [3.63, 3.8) is 0 Å². The van der Waals surface area contributed by atoms with Crippen LogP contribution in [0.25, 0.3) is 81.8 Å². The van der Waals surface area contributed by atoms with Gasteiger partial charge >= 0.3 is 0 Å². The van der Waals surface area contributed by atoms with E-state index in [4.69, 9.17) is 11.0 Å². The minimum atomic E-state index is 0.633. The minimum Gasteiger partial charge on any atom is -0.456 e. The Morgan fingerprint density at radius 3 is 1.64 bits per heavy atom. The predicted molar refractivity (Wildman–Crippen MR) is 173 cm³/mol. The van der Waals surface area contributed by atoms with E-state index in [0.717, 1.165) is 49.7 Å². The zero-order valence-electron chi connectivity index (χ0n) is 22.8. The van der Waals surface area contributed by atoms with E-state index in [1.165, 1.54) is 32.8 Å². The van der Waals surface area contributed by atoms with Crippen molar-refractivity contribution in [3.05, 3.63) is 138 Å². The normalized spacial score (nSPS) is 11.9. The molecule has 42 heavy (non-hydrogen) atoms. The van der Waals surface area contributed by atoms with Crippen LogP contribution in [-0.2, 0) is 0 Å². The lowest BCUT2D eigenvalue weighted by molar-refractivity contribution is 0.669. The first kappa shape index (κ1) is 23.0. The summed E-state index contributed by atoms with van der Waals surface area (Å²) in [5.74, 6) is 0. The van der Waals surface area contributed by atoms with Crippen molar-refractivity contribution in [2.24, 2.45) is 0 Å². The molecule has 4 heteroatoms. The largest absolute Gasteiger partial charge is 0.456 e. The quantitative estimate of drug-likeness (QED) is 0.202. The number of hydrogen-bond acceptors (Lipinski definition) is 1. The molecule has 0 N–H and O–H groups in total. The number of para-hydroxylation sites is 2. The number of furan rings is 1. The molecular formula is C38H23N3O. The minimum absolute atomic E-state index is 0.633. The smallest absolute Gasteiger partial charge is 0.189 e. The summed E-state index contributed by atoms with van der Waals surface area (Å²) in [4.78, 5) is 3.72. The van der Waals surface area contributed by atoms with Crippen LogP contribution in [0.15, 0.2) is 126 Å². The number of benzene rings is 6. The van der Waals surface area contributed by atoms with E-state index in [-0.39, 0.29) is 0 Å². The summed E-state index contributed by atoms with van der Waals surface area (Å²) >= 11 is 0. The van der Waals surface area contributed by atoms with Gasteiger partial charge in [-0.15, -0.1) is 0 Å². The molecule has 196 valence electrons. The Balaban J connectivity index is 1.33. The van der Waals surface area contributed by atoms with Crippen molar-refractivity contribution in [2.45, 2.75) is 6.92 Å². The Morgan fingerprint density at radius 2 is 1.02 bits per heavy atom. The second-order valence-corrected chi connectivity index (χ2v) is 11.0. The van der Waals surface area contributed by atoms with Crippen LogP contribution in [0, 0.1) is 13.5 Å². The Hall–Kier alpha value is -5.79. The molecule has 3 heterocycles. The zero-order valence-corrected chi connectivity index (χ0v) is 22.8. The predicted octanol–water partition coefficient (Wildman–Crippen LogP) is 10.6. The van der Waals surface area contributed by atoms with E-state index in [9.17, 15) is 0 Å². The van der Waals surface area contributed by atoms with Gasteiger partial charge in [0.15, 0.2) is 5.69 Å². The molecule has 0 fully saturated rings. The summed E-state index contributed by atoms with van der Waals surface area (Å²) in [7, 11) is 0. The van der Waals surface area contributed by atoms with Crippen molar-refractivity contribution in [1.29, 1.82) is 0 Å². The summed E-state index contributed by atoms with van der Waals surface area (Å²) in [6, 6.07) is 42.6. The standard InChI is InChI=1S/C38H23N3O/c1-23-11-15-29-30-16-12-24(39-2)20-36(30)41(35(29)19-23)26-14-18-38-32(22-26)31-21-25(13-17-37(31)42-38)40-33-9-5-3-7-27(33)28-8-4-6-10-34(28)40/h3-22H,1H3. The Labute approximate surface area is 241 Å². The number of nitrogens with zero attached hydrogens (tertiary/aromatic N) is 3. The lowest BCUT2D eigenvalue weighted by Gasteiger charge is -2.09. The molecule has 0 aliphatic carbocycles. The fourth-order valence-electron chi connectivity index (χ4n) is 6.70. The van der Waals surface area contributed by atoms with E-state index >= 15 is 0 Å². The number of aromatic nitrogens is 2. The first-order valence-electron chi connectivity index (χ1n) is 14.1. The molecule has 0 spiro atoms. The molecule has 0 saturated heterocycles. The zero-order chi connectivity index (χ0) is 27.9. The first-order valence-corrected chi connectivity index (χ1v) is 14.1. The maximum Gasteiger partial charge on any atom is 0.189 e. The molecule has 9 rings (SSSR count). The molecule has 4 nitrogen and oxygen atoms in total. The van der Waals surface area contributed by atoms with E-state index in [1.54, 1.807) is 0 Å².